The SMILES string of the molecule is Cc1cccc([N+](=O)[O-])c1-c1[nH]nc(N)c1-c1cccs1. The number of nitrogens with one attached hydrogen (secondary N) is 1. The average molecular weight is 300 g/mol. The number of hydrogen-bond donors (Lipinski definition) is 2. The number of nitro groups is 1. The van der Waals surface area contributed by atoms with Crippen LogP contribution in [0.15, 0.2) is 35.7 Å². The van der Waals surface area contributed by atoms with Crippen molar-refractivity contribution in [2.45, 2.75) is 6.92 Å². The molecule has 0 unspecified atom stereocenters. The fourth-order valence-electron chi connectivity index (χ4n) is 2.34. The summed E-state index contributed by atoms with van der Waals surface area (Å²) >= 11 is 1.51. The molecule has 0 spiro atoms. The largest absolute Gasteiger partial charge is 0.382 e. The van der Waals surface area contributed by atoms with E-state index in [1.807, 2.05) is 30.5 Å². The summed E-state index contributed by atoms with van der Waals surface area (Å²) in [5.41, 5.74) is 8.59. The zero-order valence-electron chi connectivity index (χ0n) is 11.2. The summed E-state index contributed by atoms with van der Waals surface area (Å²) in [6.07, 6.45) is 0. The van der Waals surface area contributed by atoms with Gasteiger partial charge < -0.3 is 5.73 Å². The molecule has 106 valence electrons. The highest BCUT2D eigenvalue weighted by atomic mass is 32.1. The summed E-state index contributed by atoms with van der Waals surface area (Å²) < 4.78 is 0. The van der Waals surface area contributed by atoms with E-state index in [9.17, 15) is 10.1 Å². The van der Waals surface area contributed by atoms with Crippen LogP contribution < -0.4 is 5.73 Å². The van der Waals surface area contributed by atoms with Gasteiger partial charge in [-0.05, 0) is 23.9 Å². The van der Waals surface area contributed by atoms with E-state index >= 15 is 0 Å². The summed E-state index contributed by atoms with van der Waals surface area (Å²) in [5, 5.41) is 20.1. The molecule has 6 nitrogen and oxygen atoms in total. The lowest BCUT2D eigenvalue weighted by molar-refractivity contribution is -0.384. The molecule has 3 N–H and O–H groups in total. The van der Waals surface area contributed by atoms with Crippen LogP contribution in [0.4, 0.5) is 11.5 Å². The molecule has 0 atom stereocenters. The molecule has 0 fully saturated rings. The molecule has 0 aliphatic carbocycles. The van der Waals surface area contributed by atoms with Crippen LogP contribution in [0, 0.1) is 17.0 Å². The molecule has 2 heterocycles. The number of H-pyrrole nitrogens is 1. The van der Waals surface area contributed by atoms with Crippen LogP contribution in [-0.4, -0.2) is 15.1 Å². The Morgan fingerprint density at radius 2 is 2.10 bits per heavy atom. The van der Waals surface area contributed by atoms with Crippen molar-refractivity contribution >= 4 is 22.8 Å². The first-order chi connectivity index (χ1) is 10.1. The second kappa shape index (κ2) is 5.02. The van der Waals surface area contributed by atoms with Gasteiger partial charge in [0.15, 0.2) is 5.82 Å². The highest BCUT2D eigenvalue weighted by molar-refractivity contribution is 7.13. The van der Waals surface area contributed by atoms with Crippen LogP contribution in [0.25, 0.3) is 21.7 Å². The molecular weight excluding hydrogens is 288 g/mol. The topological polar surface area (TPSA) is 97.8 Å². The molecule has 0 amide bonds. The van der Waals surface area contributed by atoms with Crippen molar-refractivity contribution in [1.29, 1.82) is 0 Å². The van der Waals surface area contributed by atoms with Crippen LogP contribution in [0.3, 0.4) is 0 Å². The molecule has 21 heavy (non-hydrogen) atoms. The zero-order chi connectivity index (χ0) is 15.0. The Bertz CT molecular complexity index is 809. The third kappa shape index (κ3) is 2.17. The lowest BCUT2D eigenvalue weighted by Crippen LogP contribution is -1.95. The highest BCUT2D eigenvalue weighted by Crippen LogP contribution is 2.41. The van der Waals surface area contributed by atoms with E-state index in [0.29, 0.717) is 22.6 Å². The predicted octanol–water partition coefficient (Wildman–Crippen LogP) is 3.60. The van der Waals surface area contributed by atoms with Gasteiger partial charge in [-0.1, -0.05) is 18.2 Å². The van der Waals surface area contributed by atoms with Crippen molar-refractivity contribution in [2.75, 3.05) is 5.73 Å². The first kappa shape index (κ1) is 13.3. The van der Waals surface area contributed by atoms with Gasteiger partial charge in [0.1, 0.15) is 0 Å². The Balaban J connectivity index is 2.31. The number of aromatic amines is 1. The third-order valence-electron chi connectivity index (χ3n) is 3.26. The van der Waals surface area contributed by atoms with E-state index < -0.39 is 4.92 Å². The molecule has 0 aliphatic heterocycles. The summed E-state index contributed by atoms with van der Waals surface area (Å²) in [4.78, 5) is 11.8. The number of rotatable bonds is 3. The van der Waals surface area contributed by atoms with Crippen molar-refractivity contribution in [1.82, 2.24) is 10.2 Å². The summed E-state index contributed by atoms with van der Waals surface area (Å²) in [6.45, 7) is 1.83. The number of nitrogen functional groups attached to an aromatic ring is 1. The average Bonchev–Trinajstić information content (AvgIpc) is 3.07. The Morgan fingerprint density at radius 1 is 1.29 bits per heavy atom. The predicted molar refractivity (Wildman–Crippen MR) is 83.1 cm³/mol. The van der Waals surface area contributed by atoms with Gasteiger partial charge in [0.2, 0.25) is 0 Å². The van der Waals surface area contributed by atoms with Crippen molar-refractivity contribution in [2.24, 2.45) is 0 Å². The van der Waals surface area contributed by atoms with E-state index in [1.165, 1.54) is 17.4 Å². The van der Waals surface area contributed by atoms with Gasteiger partial charge in [-0.15, -0.1) is 11.3 Å². The van der Waals surface area contributed by atoms with E-state index in [-0.39, 0.29) is 5.69 Å². The van der Waals surface area contributed by atoms with Crippen molar-refractivity contribution in [3.05, 3.63) is 51.4 Å². The maximum Gasteiger partial charge on any atom is 0.279 e. The smallest absolute Gasteiger partial charge is 0.279 e. The maximum atomic E-state index is 11.3. The van der Waals surface area contributed by atoms with Gasteiger partial charge in [-0.3, -0.25) is 15.2 Å². The first-order valence-corrected chi connectivity index (χ1v) is 7.09. The molecule has 0 bridgehead atoms. The minimum absolute atomic E-state index is 0.0384. The van der Waals surface area contributed by atoms with Crippen LogP contribution in [0.5, 0.6) is 0 Å². The molecule has 1 aromatic carbocycles. The summed E-state index contributed by atoms with van der Waals surface area (Å²) in [6, 6.07) is 8.80. The normalized spacial score (nSPS) is 10.7. The molecule has 0 aliphatic rings. The van der Waals surface area contributed by atoms with E-state index in [1.54, 1.807) is 6.07 Å². The Morgan fingerprint density at radius 3 is 2.76 bits per heavy atom. The number of thiophene rings is 1. The molecule has 3 rings (SSSR count). The maximum absolute atomic E-state index is 11.3. The van der Waals surface area contributed by atoms with Gasteiger partial charge in [0.25, 0.3) is 5.69 Å². The van der Waals surface area contributed by atoms with Crippen LogP contribution in [0.1, 0.15) is 5.56 Å². The van der Waals surface area contributed by atoms with E-state index in [4.69, 9.17) is 5.73 Å². The van der Waals surface area contributed by atoms with E-state index in [0.717, 1.165) is 10.4 Å². The number of nitro benzene ring substituents is 1. The number of nitrogens with zero attached hydrogens (tertiary/aromatic N) is 2. The van der Waals surface area contributed by atoms with Gasteiger partial charge in [-0.2, -0.15) is 5.10 Å². The van der Waals surface area contributed by atoms with Crippen LogP contribution >= 0.6 is 11.3 Å². The van der Waals surface area contributed by atoms with Crippen molar-refractivity contribution in [3.63, 3.8) is 0 Å². The van der Waals surface area contributed by atoms with Crippen LogP contribution in [-0.2, 0) is 0 Å². The minimum Gasteiger partial charge on any atom is -0.382 e. The lowest BCUT2D eigenvalue weighted by atomic mass is 9.99. The second-order valence-electron chi connectivity index (χ2n) is 4.56. The molecule has 0 radical (unpaired) electrons. The number of aromatic nitrogens is 2. The number of nitrogens with two attached hydrogens (primary N) is 1. The van der Waals surface area contributed by atoms with Gasteiger partial charge >= 0.3 is 0 Å². The van der Waals surface area contributed by atoms with Crippen molar-refractivity contribution in [3.8, 4) is 21.7 Å². The quantitative estimate of drug-likeness (QED) is 0.570. The fourth-order valence-corrected chi connectivity index (χ4v) is 3.12. The third-order valence-corrected chi connectivity index (χ3v) is 4.15. The monoisotopic (exact) mass is 300 g/mol. The van der Waals surface area contributed by atoms with E-state index in [2.05, 4.69) is 10.2 Å². The number of aryl methyl sites for hydroxylation is 1. The molecule has 7 heteroatoms. The molecular formula is C14H12N4O2S. The molecule has 3 aromatic rings. The Kier molecular flexibility index (Phi) is 3.19. The minimum atomic E-state index is -0.391. The summed E-state index contributed by atoms with van der Waals surface area (Å²) in [5.74, 6) is 0.338. The number of anilines is 1. The number of hydrogen-bond acceptors (Lipinski definition) is 5. The molecule has 2 aromatic heterocycles. The highest BCUT2D eigenvalue weighted by Gasteiger charge is 2.24. The molecule has 0 saturated carbocycles. The van der Waals surface area contributed by atoms with Gasteiger partial charge in [0, 0.05) is 10.9 Å². The lowest BCUT2D eigenvalue weighted by Gasteiger charge is -2.07. The standard InChI is InChI=1S/C14H12N4O2S/c1-8-4-2-5-9(18(19)20)11(8)13-12(14(15)17-16-13)10-6-3-7-21-10/h2-7H,1H3,(H3,15,16,17). The zero-order valence-corrected chi connectivity index (χ0v) is 12.0. The Hall–Kier alpha value is -2.67. The Labute approximate surface area is 124 Å². The fraction of sp³-hybridized carbons (Fsp3) is 0.0714. The summed E-state index contributed by atoms with van der Waals surface area (Å²) in [7, 11) is 0. The van der Waals surface area contributed by atoms with Crippen LogP contribution in [0.2, 0.25) is 0 Å². The molecule has 0 saturated heterocycles. The first-order valence-electron chi connectivity index (χ1n) is 6.21. The van der Waals surface area contributed by atoms with Gasteiger partial charge in [-0.25, -0.2) is 0 Å². The second-order valence-corrected chi connectivity index (χ2v) is 5.51. The van der Waals surface area contributed by atoms with Crippen molar-refractivity contribution < 1.29 is 4.92 Å². The number of benzene rings is 1. The van der Waals surface area contributed by atoms with Gasteiger partial charge in [0.05, 0.1) is 21.7 Å².